The molecule has 0 saturated heterocycles. The van der Waals surface area contributed by atoms with Gasteiger partial charge < -0.3 is 9.64 Å². The summed E-state index contributed by atoms with van der Waals surface area (Å²) in [6.45, 7) is 1.19. The molecule has 0 atom stereocenters. The van der Waals surface area contributed by atoms with Gasteiger partial charge >= 0.3 is 6.18 Å². The number of methoxy groups -OCH3 is 1. The Morgan fingerprint density at radius 1 is 1.25 bits per heavy atom. The molecule has 1 aromatic heterocycles. The number of hydrogen-bond acceptors (Lipinski definition) is 3. The molecule has 2 aromatic rings. The van der Waals surface area contributed by atoms with E-state index >= 15 is 0 Å². The van der Waals surface area contributed by atoms with E-state index in [1.54, 1.807) is 13.2 Å². The smallest absolute Gasteiger partial charge is 0.383 e. The number of anilines is 1. The van der Waals surface area contributed by atoms with Crippen LogP contribution < -0.4 is 4.90 Å². The molecule has 0 radical (unpaired) electrons. The Kier molecular flexibility index (Phi) is 4.13. The lowest BCUT2D eigenvalue weighted by Crippen LogP contribution is -2.22. The third kappa shape index (κ3) is 3.01. The van der Waals surface area contributed by atoms with Crippen molar-refractivity contribution in [3.8, 4) is 0 Å². The molecular formula is C14H15F3N2O. The van der Waals surface area contributed by atoms with Gasteiger partial charge in [0.15, 0.2) is 0 Å². The molecule has 0 N–H and O–H groups in total. The van der Waals surface area contributed by atoms with Gasteiger partial charge in [0, 0.05) is 38.0 Å². The topological polar surface area (TPSA) is 25.4 Å². The summed E-state index contributed by atoms with van der Waals surface area (Å²) in [7, 11) is 3.47. The first-order chi connectivity index (χ1) is 9.43. The Balaban J connectivity index is 2.43. The number of benzene rings is 1. The van der Waals surface area contributed by atoms with Gasteiger partial charge in [-0.2, -0.15) is 13.2 Å². The van der Waals surface area contributed by atoms with Crippen molar-refractivity contribution >= 4 is 16.6 Å². The quantitative estimate of drug-likeness (QED) is 0.861. The molecule has 0 aliphatic heterocycles. The summed E-state index contributed by atoms with van der Waals surface area (Å²) in [4.78, 5) is 5.95. The van der Waals surface area contributed by atoms with Crippen LogP contribution in [-0.2, 0) is 10.9 Å². The summed E-state index contributed by atoms with van der Waals surface area (Å²) < 4.78 is 43.1. The minimum atomic E-state index is -4.35. The number of hydrogen-bond donors (Lipinski definition) is 0. The lowest BCUT2D eigenvalue weighted by atomic mass is 10.1. The van der Waals surface area contributed by atoms with Gasteiger partial charge in [0.05, 0.1) is 17.7 Å². The van der Waals surface area contributed by atoms with E-state index in [9.17, 15) is 13.2 Å². The third-order valence-corrected chi connectivity index (χ3v) is 3.09. The lowest BCUT2D eigenvalue weighted by Gasteiger charge is -2.20. The number of halogens is 3. The van der Waals surface area contributed by atoms with E-state index in [1.807, 2.05) is 11.9 Å². The Morgan fingerprint density at radius 2 is 2.00 bits per heavy atom. The summed E-state index contributed by atoms with van der Waals surface area (Å²) >= 11 is 0. The molecule has 6 heteroatoms. The van der Waals surface area contributed by atoms with Crippen molar-refractivity contribution in [1.82, 2.24) is 4.98 Å². The van der Waals surface area contributed by atoms with E-state index in [1.165, 1.54) is 12.3 Å². The molecule has 0 bridgehead atoms. The highest BCUT2D eigenvalue weighted by molar-refractivity contribution is 5.91. The van der Waals surface area contributed by atoms with Crippen molar-refractivity contribution in [2.24, 2.45) is 0 Å². The molecule has 0 amide bonds. The molecule has 0 spiro atoms. The molecule has 108 valence electrons. The standard InChI is InChI=1S/C14H15F3N2O/c1-19(7-8-20-2)13-5-6-18-12-9-10(14(15,16)17)3-4-11(12)13/h3-6,9H,7-8H2,1-2H3. The first kappa shape index (κ1) is 14.6. The highest BCUT2D eigenvalue weighted by Gasteiger charge is 2.30. The van der Waals surface area contributed by atoms with Crippen LogP contribution in [0.1, 0.15) is 5.56 Å². The predicted octanol–water partition coefficient (Wildman–Crippen LogP) is 3.34. The summed E-state index contributed by atoms with van der Waals surface area (Å²) in [5.41, 5.74) is 0.483. The van der Waals surface area contributed by atoms with E-state index in [4.69, 9.17) is 4.74 Å². The van der Waals surface area contributed by atoms with Crippen molar-refractivity contribution in [1.29, 1.82) is 0 Å². The molecule has 2 rings (SSSR count). The average Bonchev–Trinajstić information content (AvgIpc) is 2.42. The molecule has 20 heavy (non-hydrogen) atoms. The van der Waals surface area contributed by atoms with Crippen LogP contribution >= 0.6 is 0 Å². The molecule has 0 unspecified atom stereocenters. The second kappa shape index (κ2) is 5.66. The van der Waals surface area contributed by atoms with Crippen molar-refractivity contribution in [3.05, 3.63) is 36.0 Å². The van der Waals surface area contributed by atoms with Crippen molar-refractivity contribution < 1.29 is 17.9 Å². The van der Waals surface area contributed by atoms with Crippen LogP contribution in [-0.4, -0.2) is 32.3 Å². The third-order valence-electron chi connectivity index (χ3n) is 3.09. The Labute approximate surface area is 115 Å². The molecule has 1 aromatic carbocycles. The molecule has 0 aliphatic carbocycles. The monoisotopic (exact) mass is 284 g/mol. The SMILES string of the molecule is COCCN(C)c1ccnc2cc(C(F)(F)F)ccc12. The van der Waals surface area contributed by atoms with Crippen LogP contribution in [0, 0.1) is 0 Å². The van der Waals surface area contributed by atoms with Gasteiger partial charge in [0.25, 0.3) is 0 Å². The van der Waals surface area contributed by atoms with E-state index < -0.39 is 11.7 Å². The maximum atomic E-state index is 12.7. The number of pyridine rings is 1. The Morgan fingerprint density at radius 3 is 2.65 bits per heavy atom. The first-order valence-corrected chi connectivity index (χ1v) is 6.09. The fourth-order valence-corrected chi connectivity index (χ4v) is 1.99. The van der Waals surface area contributed by atoms with Crippen LogP contribution in [0.25, 0.3) is 10.9 Å². The second-order valence-electron chi connectivity index (χ2n) is 4.47. The maximum absolute atomic E-state index is 12.7. The molecule has 3 nitrogen and oxygen atoms in total. The van der Waals surface area contributed by atoms with Gasteiger partial charge in [-0.15, -0.1) is 0 Å². The largest absolute Gasteiger partial charge is 0.416 e. The van der Waals surface area contributed by atoms with Crippen molar-refractivity contribution in [2.45, 2.75) is 6.18 Å². The molecule has 0 saturated carbocycles. The molecule has 0 aliphatic rings. The van der Waals surface area contributed by atoms with Crippen LogP contribution in [0.5, 0.6) is 0 Å². The Hall–Kier alpha value is -1.82. The zero-order valence-corrected chi connectivity index (χ0v) is 11.2. The summed E-state index contributed by atoms with van der Waals surface area (Å²) in [6.07, 6.45) is -2.84. The van der Waals surface area contributed by atoms with Crippen molar-refractivity contribution in [2.75, 3.05) is 32.2 Å². The average molecular weight is 284 g/mol. The van der Waals surface area contributed by atoms with E-state index in [-0.39, 0.29) is 0 Å². The van der Waals surface area contributed by atoms with E-state index in [0.29, 0.717) is 24.1 Å². The predicted molar refractivity (Wildman–Crippen MR) is 71.9 cm³/mol. The van der Waals surface area contributed by atoms with Gasteiger partial charge in [-0.05, 0) is 18.2 Å². The van der Waals surface area contributed by atoms with E-state index in [0.717, 1.165) is 17.8 Å². The van der Waals surface area contributed by atoms with Gasteiger partial charge in [-0.25, -0.2) is 0 Å². The molecular weight excluding hydrogens is 269 g/mol. The van der Waals surface area contributed by atoms with Crippen molar-refractivity contribution in [3.63, 3.8) is 0 Å². The number of alkyl halides is 3. The number of ether oxygens (including phenoxy) is 1. The summed E-state index contributed by atoms with van der Waals surface area (Å²) in [5.74, 6) is 0. The zero-order chi connectivity index (χ0) is 14.8. The number of aromatic nitrogens is 1. The highest BCUT2D eigenvalue weighted by Crippen LogP contribution is 2.33. The van der Waals surface area contributed by atoms with Crippen LogP contribution in [0.4, 0.5) is 18.9 Å². The Bertz CT molecular complexity index is 598. The number of nitrogens with zero attached hydrogens (tertiary/aromatic N) is 2. The zero-order valence-electron chi connectivity index (χ0n) is 11.2. The van der Waals surface area contributed by atoms with E-state index in [2.05, 4.69) is 4.98 Å². The molecule has 0 fully saturated rings. The summed E-state index contributed by atoms with van der Waals surface area (Å²) in [5, 5.41) is 0.694. The minimum absolute atomic E-state index is 0.335. The number of fused-ring (bicyclic) bond motifs is 1. The summed E-state index contributed by atoms with van der Waals surface area (Å²) in [6, 6.07) is 5.40. The van der Waals surface area contributed by atoms with Gasteiger partial charge in [0.1, 0.15) is 0 Å². The first-order valence-electron chi connectivity index (χ1n) is 6.09. The minimum Gasteiger partial charge on any atom is -0.383 e. The van der Waals surface area contributed by atoms with Crippen LogP contribution in [0.3, 0.4) is 0 Å². The number of likely N-dealkylation sites (N-methyl/N-ethyl adjacent to an activating group) is 1. The number of rotatable bonds is 4. The van der Waals surface area contributed by atoms with Crippen LogP contribution in [0.15, 0.2) is 30.5 Å². The molecule has 1 heterocycles. The fraction of sp³-hybridized carbons (Fsp3) is 0.357. The van der Waals surface area contributed by atoms with Gasteiger partial charge in [-0.3, -0.25) is 4.98 Å². The van der Waals surface area contributed by atoms with Gasteiger partial charge in [0.2, 0.25) is 0 Å². The second-order valence-corrected chi connectivity index (χ2v) is 4.47. The maximum Gasteiger partial charge on any atom is 0.416 e. The van der Waals surface area contributed by atoms with Gasteiger partial charge in [-0.1, -0.05) is 6.07 Å². The highest BCUT2D eigenvalue weighted by atomic mass is 19.4. The van der Waals surface area contributed by atoms with Crippen LogP contribution in [0.2, 0.25) is 0 Å². The lowest BCUT2D eigenvalue weighted by molar-refractivity contribution is -0.137. The fourth-order valence-electron chi connectivity index (χ4n) is 1.99. The normalized spacial score (nSPS) is 11.8.